The number of hydrogen-bond donors (Lipinski definition) is 1. The summed E-state index contributed by atoms with van der Waals surface area (Å²) in [4.78, 5) is 1.98. The molecule has 1 aliphatic rings. The van der Waals surface area contributed by atoms with Gasteiger partial charge in [0.25, 0.3) is 0 Å². The fourth-order valence-corrected chi connectivity index (χ4v) is 3.24. The molecule has 1 aromatic rings. The number of rotatable bonds is 4. The number of morpholine rings is 1. The Bertz CT molecular complexity index is 582. The van der Waals surface area contributed by atoms with Crippen LogP contribution in [0.4, 0.5) is 4.39 Å². The minimum absolute atomic E-state index is 0.0950. The molecule has 0 amide bonds. The average Bonchev–Trinajstić information content (AvgIpc) is 2.40. The lowest BCUT2D eigenvalue weighted by Crippen LogP contribution is -2.45. The number of hydrogen-bond acceptors (Lipinski definition) is 4. The van der Waals surface area contributed by atoms with Crippen molar-refractivity contribution in [1.29, 1.82) is 0 Å². The van der Waals surface area contributed by atoms with Crippen LogP contribution in [-0.2, 0) is 14.8 Å². The van der Waals surface area contributed by atoms with Gasteiger partial charge in [0.05, 0.1) is 22.1 Å². The number of nitrogens with zero attached hydrogens (tertiary/aromatic N) is 1. The monoisotopic (exact) mass is 366 g/mol. The normalized spacial score (nSPS) is 21.1. The third-order valence-corrected chi connectivity index (χ3v) is 5.11. The molecule has 1 fully saturated rings. The molecule has 20 heavy (non-hydrogen) atoms. The molecule has 1 heterocycles. The second-order valence-corrected chi connectivity index (χ2v) is 7.30. The topological polar surface area (TPSA) is 58.6 Å². The number of nitrogens with one attached hydrogen (secondary N) is 1. The van der Waals surface area contributed by atoms with Crippen molar-refractivity contribution in [3.05, 3.63) is 28.5 Å². The van der Waals surface area contributed by atoms with Gasteiger partial charge in [-0.3, -0.25) is 0 Å². The van der Waals surface area contributed by atoms with Crippen LogP contribution in [0.5, 0.6) is 0 Å². The number of halogens is 2. The molecule has 1 N–H and O–H groups in total. The van der Waals surface area contributed by atoms with E-state index in [1.54, 1.807) is 0 Å². The molecule has 0 aliphatic carbocycles. The summed E-state index contributed by atoms with van der Waals surface area (Å²) in [5.41, 5.74) is 0. The Morgan fingerprint density at radius 2 is 2.30 bits per heavy atom. The molecule has 0 radical (unpaired) electrons. The van der Waals surface area contributed by atoms with Gasteiger partial charge in [0, 0.05) is 19.6 Å². The smallest absolute Gasteiger partial charge is 0.240 e. The van der Waals surface area contributed by atoms with Crippen molar-refractivity contribution >= 4 is 26.0 Å². The standard InChI is InChI=1S/C12H16BrFN2O3S/c1-16-4-5-19-9(8-16)7-15-20(17,18)10-2-3-11(13)12(14)6-10/h2-3,6,9,15H,4-5,7-8H2,1H3. The zero-order valence-electron chi connectivity index (χ0n) is 11.0. The molecule has 8 heteroatoms. The molecule has 0 aromatic heterocycles. The van der Waals surface area contributed by atoms with E-state index in [0.717, 1.165) is 12.6 Å². The summed E-state index contributed by atoms with van der Waals surface area (Å²) in [7, 11) is -1.77. The van der Waals surface area contributed by atoms with Crippen molar-refractivity contribution in [3.8, 4) is 0 Å². The van der Waals surface area contributed by atoms with E-state index < -0.39 is 15.8 Å². The summed E-state index contributed by atoms with van der Waals surface area (Å²) in [6.45, 7) is 2.25. The van der Waals surface area contributed by atoms with E-state index in [2.05, 4.69) is 25.6 Å². The van der Waals surface area contributed by atoms with Crippen molar-refractivity contribution in [2.75, 3.05) is 33.3 Å². The van der Waals surface area contributed by atoms with Crippen LogP contribution in [0, 0.1) is 5.82 Å². The van der Waals surface area contributed by atoms with E-state index in [9.17, 15) is 12.8 Å². The molecular formula is C12H16BrFN2O3S. The Labute approximate surface area is 126 Å². The maximum absolute atomic E-state index is 13.4. The van der Waals surface area contributed by atoms with E-state index >= 15 is 0 Å². The first-order chi connectivity index (χ1) is 9.38. The maximum Gasteiger partial charge on any atom is 0.240 e. The molecular weight excluding hydrogens is 351 g/mol. The Balaban J connectivity index is 2.01. The highest BCUT2D eigenvalue weighted by molar-refractivity contribution is 9.10. The Morgan fingerprint density at radius 3 is 2.95 bits per heavy atom. The van der Waals surface area contributed by atoms with Gasteiger partial charge in [0.15, 0.2) is 0 Å². The SMILES string of the molecule is CN1CCOC(CNS(=O)(=O)c2ccc(Br)c(F)c2)C1. The fraction of sp³-hybridized carbons (Fsp3) is 0.500. The van der Waals surface area contributed by atoms with Gasteiger partial charge < -0.3 is 9.64 Å². The minimum Gasteiger partial charge on any atom is -0.374 e. The van der Waals surface area contributed by atoms with Crippen LogP contribution in [0.1, 0.15) is 0 Å². The second kappa shape index (κ2) is 6.48. The molecule has 1 aromatic carbocycles. The summed E-state index contributed by atoms with van der Waals surface area (Å²) >= 11 is 2.99. The first-order valence-corrected chi connectivity index (χ1v) is 8.41. The molecule has 1 aliphatic heterocycles. The molecule has 2 rings (SSSR count). The number of benzene rings is 1. The molecule has 1 atom stereocenters. The third kappa shape index (κ3) is 3.98. The van der Waals surface area contributed by atoms with Gasteiger partial charge in [-0.05, 0) is 41.2 Å². The third-order valence-electron chi connectivity index (χ3n) is 3.04. The summed E-state index contributed by atoms with van der Waals surface area (Å²) < 4.78 is 45.7. The Hall–Kier alpha value is -0.540. The van der Waals surface area contributed by atoms with Gasteiger partial charge in [-0.15, -0.1) is 0 Å². The summed E-state index contributed by atoms with van der Waals surface area (Å²) in [5.74, 6) is -0.610. The summed E-state index contributed by atoms with van der Waals surface area (Å²) in [6.07, 6.45) is -0.191. The van der Waals surface area contributed by atoms with Gasteiger partial charge in [-0.2, -0.15) is 0 Å². The average molecular weight is 367 g/mol. The van der Waals surface area contributed by atoms with Crippen molar-refractivity contribution in [2.45, 2.75) is 11.0 Å². The Morgan fingerprint density at radius 1 is 1.55 bits per heavy atom. The summed E-state index contributed by atoms with van der Waals surface area (Å²) in [5, 5.41) is 0. The van der Waals surface area contributed by atoms with Gasteiger partial charge in [0.2, 0.25) is 10.0 Å². The van der Waals surface area contributed by atoms with Crippen LogP contribution in [0.2, 0.25) is 0 Å². The van der Waals surface area contributed by atoms with Crippen molar-refractivity contribution < 1.29 is 17.5 Å². The van der Waals surface area contributed by atoms with E-state index in [4.69, 9.17) is 4.74 Å². The van der Waals surface area contributed by atoms with E-state index in [1.165, 1.54) is 12.1 Å². The Kier molecular flexibility index (Phi) is 5.14. The maximum atomic E-state index is 13.4. The van der Waals surface area contributed by atoms with E-state index in [1.807, 2.05) is 7.05 Å². The van der Waals surface area contributed by atoms with Crippen LogP contribution in [-0.4, -0.2) is 52.7 Å². The van der Waals surface area contributed by atoms with Crippen molar-refractivity contribution in [2.24, 2.45) is 0 Å². The van der Waals surface area contributed by atoms with E-state index in [-0.39, 0.29) is 22.0 Å². The number of sulfonamides is 1. The number of likely N-dealkylation sites (N-methyl/N-ethyl adjacent to an activating group) is 1. The van der Waals surface area contributed by atoms with Crippen molar-refractivity contribution in [1.82, 2.24) is 9.62 Å². The van der Waals surface area contributed by atoms with Gasteiger partial charge >= 0.3 is 0 Å². The predicted molar refractivity (Wildman–Crippen MR) is 76.5 cm³/mol. The van der Waals surface area contributed by atoms with Crippen LogP contribution in [0.3, 0.4) is 0 Å². The lowest BCUT2D eigenvalue weighted by atomic mass is 10.3. The molecule has 112 valence electrons. The molecule has 5 nitrogen and oxygen atoms in total. The highest BCUT2D eigenvalue weighted by atomic mass is 79.9. The fourth-order valence-electron chi connectivity index (χ4n) is 1.92. The molecule has 1 unspecified atom stereocenters. The highest BCUT2D eigenvalue weighted by Gasteiger charge is 2.21. The molecule has 0 bridgehead atoms. The first-order valence-electron chi connectivity index (χ1n) is 6.13. The van der Waals surface area contributed by atoms with Gasteiger partial charge in [0.1, 0.15) is 5.82 Å². The van der Waals surface area contributed by atoms with E-state index in [0.29, 0.717) is 13.2 Å². The number of ether oxygens (including phenoxy) is 1. The predicted octanol–water partition coefficient (Wildman–Crippen LogP) is 1.20. The molecule has 0 saturated carbocycles. The zero-order valence-corrected chi connectivity index (χ0v) is 13.4. The quantitative estimate of drug-likeness (QED) is 0.869. The first kappa shape index (κ1) is 15.8. The molecule has 0 spiro atoms. The molecule has 1 saturated heterocycles. The van der Waals surface area contributed by atoms with Crippen LogP contribution >= 0.6 is 15.9 Å². The largest absolute Gasteiger partial charge is 0.374 e. The van der Waals surface area contributed by atoms with Crippen molar-refractivity contribution in [3.63, 3.8) is 0 Å². The van der Waals surface area contributed by atoms with Gasteiger partial charge in [-0.25, -0.2) is 17.5 Å². The van der Waals surface area contributed by atoms with Crippen LogP contribution in [0.15, 0.2) is 27.6 Å². The zero-order chi connectivity index (χ0) is 14.8. The van der Waals surface area contributed by atoms with Gasteiger partial charge in [-0.1, -0.05) is 0 Å². The van der Waals surface area contributed by atoms with Crippen LogP contribution < -0.4 is 4.72 Å². The lowest BCUT2D eigenvalue weighted by Gasteiger charge is -2.30. The lowest BCUT2D eigenvalue weighted by molar-refractivity contribution is -0.0156. The highest BCUT2D eigenvalue weighted by Crippen LogP contribution is 2.19. The van der Waals surface area contributed by atoms with Crippen LogP contribution in [0.25, 0.3) is 0 Å². The summed E-state index contributed by atoms with van der Waals surface area (Å²) in [6, 6.07) is 3.71. The second-order valence-electron chi connectivity index (χ2n) is 4.68. The minimum atomic E-state index is -3.73.